The highest BCUT2D eigenvalue weighted by Crippen LogP contribution is 2.29. The Balaban J connectivity index is 3.02. The summed E-state index contributed by atoms with van der Waals surface area (Å²) in [6, 6.07) is 3.52. The molecule has 0 saturated carbocycles. The van der Waals surface area contributed by atoms with Crippen molar-refractivity contribution in [2.75, 3.05) is 0 Å². The molecule has 0 aliphatic rings. The molecule has 1 aromatic heterocycles. The van der Waals surface area contributed by atoms with Crippen LogP contribution in [0.5, 0.6) is 0 Å². The molecule has 1 rings (SSSR count). The van der Waals surface area contributed by atoms with Crippen molar-refractivity contribution in [3.8, 4) is 0 Å². The van der Waals surface area contributed by atoms with Gasteiger partial charge in [0.1, 0.15) is 0 Å². The Morgan fingerprint density at radius 1 is 0.824 bits per heavy atom. The maximum Gasteiger partial charge on any atom is 0.178 e. The molecule has 2 nitrogen and oxygen atoms in total. The molecule has 0 aliphatic heterocycles. The summed E-state index contributed by atoms with van der Waals surface area (Å²) in [6.07, 6.45) is 0. The van der Waals surface area contributed by atoms with Gasteiger partial charge in [-0.2, -0.15) is 0 Å². The van der Waals surface area contributed by atoms with E-state index in [0.717, 1.165) is 0 Å². The lowest BCUT2D eigenvalue weighted by molar-refractivity contribution is 0.0858. The van der Waals surface area contributed by atoms with E-state index >= 15 is 0 Å². The fourth-order valence-corrected chi connectivity index (χ4v) is 2.63. The van der Waals surface area contributed by atoms with Crippen molar-refractivity contribution >= 4 is 22.9 Å². The third-order valence-corrected chi connectivity index (χ3v) is 3.50. The van der Waals surface area contributed by atoms with Gasteiger partial charge >= 0.3 is 0 Å². The summed E-state index contributed by atoms with van der Waals surface area (Å²) in [6.45, 7) is 11.3. The first-order chi connectivity index (χ1) is 7.53. The topological polar surface area (TPSA) is 34.1 Å². The monoisotopic (exact) mass is 252 g/mol. The van der Waals surface area contributed by atoms with Gasteiger partial charge in [0, 0.05) is 10.8 Å². The molecule has 0 N–H and O–H groups in total. The number of carbonyl (C=O) groups excluding carboxylic acids is 2. The van der Waals surface area contributed by atoms with Crippen LogP contribution in [0.15, 0.2) is 12.1 Å². The van der Waals surface area contributed by atoms with Gasteiger partial charge in [-0.1, -0.05) is 41.5 Å². The molecular weight excluding hydrogens is 232 g/mol. The molecule has 1 aromatic rings. The van der Waals surface area contributed by atoms with E-state index in [2.05, 4.69) is 0 Å². The third kappa shape index (κ3) is 3.25. The van der Waals surface area contributed by atoms with Gasteiger partial charge < -0.3 is 0 Å². The van der Waals surface area contributed by atoms with Gasteiger partial charge in [0.15, 0.2) is 11.6 Å². The lowest BCUT2D eigenvalue weighted by Gasteiger charge is -2.15. The number of hydrogen-bond acceptors (Lipinski definition) is 3. The molecule has 0 spiro atoms. The van der Waals surface area contributed by atoms with Crippen molar-refractivity contribution < 1.29 is 9.59 Å². The van der Waals surface area contributed by atoms with Crippen LogP contribution in [0, 0.1) is 10.8 Å². The van der Waals surface area contributed by atoms with Crippen LogP contribution < -0.4 is 0 Å². The van der Waals surface area contributed by atoms with Crippen LogP contribution in [0.25, 0.3) is 0 Å². The first-order valence-electron chi connectivity index (χ1n) is 5.73. The average molecular weight is 252 g/mol. The van der Waals surface area contributed by atoms with E-state index in [9.17, 15) is 9.59 Å². The Morgan fingerprint density at radius 2 is 1.12 bits per heavy atom. The quantitative estimate of drug-likeness (QED) is 0.739. The van der Waals surface area contributed by atoms with E-state index in [0.29, 0.717) is 9.75 Å². The van der Waals surface area contributed by atoms with Gasteiger partial charge in [0.05, 0.1) is 9.75 Å². The standard InChI is InChI=1S/C14H20O2S/c1-13(2,3)11(15)9-7-8-10(17-9)12(16)14(4,5)6/h7-8H,1-6H3. The summed E-state index contributed by atoms with van der Waals surface area (Å²) in [5.74, 6) is 0.186. The largest absolute Gasteiger partial charge is 0.293 e. The fraction of sp³-hybridized carbons (Fsp3) is 0.571. The van der Waals surface area contributed by atoms with E-state index in [1.54, 1.807) is 12.1 Å². The van der Waals surface area contributed by atoms with Crippen LogP contribution >= 0.6 is 11.3 Å². The maximum atomic E-state index is 12.1. The minimum atomic E-state index is -0.396. The molecule has 3 heteroatoms. The number of carbonyl (C=O) groups is 2. The van der Waals surface area contributed by atoms with Gasteiger partial charge in [0.2, 0.25) is 0 Å². The Labute approximate surface area is 107 Å². The average Bonchev–Trinajstić information content (AvgIpc) is 2.60. The normalized spacial score (nSPS) is 12.6. The first kappa shape index (κ1) is 14.1. The van der Waals surface area contributed by atoms with E-state index in [1.807, 2.05) is 41.5 Å². The molecule has 0 radical (unpaired) electrons. The molecule has 0 atom stereocenters. The van der Waals surface area contributed by atoms with E-state index in [1.165, 1.54) is 11.3 Å². The van der Waals surface area contributed by atoms with Gasteiger partial charge in [-0.25, -0.2) is 0 Å². The minimum absolute atomic E-state index is 0.0930. The smallest absolute Gasteiger partial charge is 0.178 e. The Kier molecular flexibility index (Phi) is 3.63. The number of Topliss-reactive ketones (excluding diaryl/α,β-unsaturated/α-hetero) is 2. The highest BCUT2D eigenvalue weighted by molar-refractivity contribution is 7.16. The molecule has 1 heterocycles. The van der Waals surface area contributed by atoms with Crippen LogP contribution in [0.1, 0.15) is 60.9 Å². The van der Waals surface area contributed by atoms with Gasteiger partial charge in [0.25, 0.3) is 0 Å². The molecule has 0 saturated heterocycles. The van der Waals surface area contributed by atoms with E-state index < -0.39 is 10.8 Å². The predicted molar refractivity (Wildman–Crippen MR) is 71.9 cm³/mol. The summed E-state index contributed by atoms with van der Waals surface area (Å²) in [4.78, 5) is 25.4. The molecule has 0 aromatic carbocycles. The molecule has 0 unspecified atom stereocenters. The van der Waals surface area contributed by atoms with Crippen LogP contribution in [0.3, 0.4) is 0 Å². The molecule has 0 amide bonds. The summed E-state index contributed by atoms with van der Waals surface area (Å²) >= 11 is 1.30. The maximum absolute atomic E-state index is 12.1. The van der Waals surface area contributed by atoms with E-state index in [4.69, 9.17) is 0 Å². The van der Waals surface area contributed by atoms with Crippen molar-refractivity contribution in [1.29, 1.82) is 0 Å². The minimum Gasteiger partial charge on any atom is -0.293 e. The molecule has 0 bridgehead atoms. The van der Waals surface area contributed by atoms with Gasteiger partial charge in [-0.05, 0) is 12.1 Å². The summed E-state index contributed by atoms with van der Waals surface area (Å²) in [5.41, 5.74) is -0.792. The summed E-state index contributed by atoms with van der Waals surface area (Å²) < 4.78 is 0. The van der Waals surface area contributed by atoms with Crippen LogP contribution in [0.2, 0.25) is 0 Å². The SMILES string of the molecule is CC(C)(C)C(=O)c1ccc(C(=O)C(C)(C)C)s1. The zero-order valence-electron chi connectivity index (χ0n) is 11.4. The lowest BCUT2D eigenvalue weighted by atomic mass is 9.89. The predicted octanol–water partition coefficient (Wildman–Crippen LogP) is 4.21. The Bertz CT molecular complexity index is 401. The van der Waals surface area contributed by atoms with Crippen molar-refractivity contribution in [2.45, 2.75) is 41.5 Å². The second-order valence-corrected chi connectivity index (χ2v) is 7.41. The van der Waals surface area contributed by atoms with Crippen LogP contribution in [-0.2, 0) is 0 Å². The number of thiophene rings is 1. The molecule has 0 aliphatic carbocycles. The highest BCUT2D eigenvalue weighted by atomic mass is 32.1. The van der Waals surface area contributed by atoms with Crippen molar-refractivity contribution in [1.82, 2.24) is 0 Å². The first-order valence-corrected chi connectivity index (χ1v) is 6.54. The number of rotatable bonds is 2. The Hall–Kier alpha value is -0.960. The van der Waals surface area contributed by atoms with Gasteiger partial charge in [-0.3, -0.25) is 9.59 Å². The molecule has 94 valence electrons. The zero-order chi connectivity index (χ0) is 13.4. The Morgan fingerprint density at radius 3 is 1.35 bits per heavy atom. The molecule has 0 fully saturated rings. The summed E-state index contributed by atoms with van der Waals surface area (Å²) in [5, 5.41) is 0. The second-order valence-electron chi connectivity index (χ2n) is 6.32. The van der Waals surface area contributed by atoms with E-state index in [-0.39, 0.29) is 11.6 Å². The fourth-order valence-electron chi connectivity index (χ4n) is 1.32. The lowest BCUT2D eigenvalue weighted by Crippen LogP contribution is -2.19. The van der Waals surface area contributed by atoms with Crippen molar-refractivity contribution in [3.05, 3.63) is 21.9 Å². The van der Waals surface area contributed by atoms with Crippen molar-refractivity contribution in [2.24, 2.45) is 10.8 Å². The number of hydrogen-bond donors (Lipinski definition) is 0. The highest BCUT2D eigenvalue weighted by Gasteiger charge is 2.28. The second kappa shape index (κ2) is 4.37. The zero-order valence-corrected chi connectivity index (χ0v) is 12.2. The van der Waals surface area contributed by atoms with Crippen molar-refractivity contribution in [3.63, 3.8) is 0 Å². The summed E-state index contributed by atoms with van der Waals surface area (Å²) in [7, 11) is 0. The van der Waals surface area contributed by atoms with Crippen LogP contribution in [-0.4, -0.2) is 11.6 Å². The number of ketones is 2. The molecule has 17 heavy (non-hydrogen) atoms. The molecular formula is C14H20O2S. The van der Waals surface area contributed by atoms with Gasteiger partial charge in [-0.15, -0.1) is 11.3 Å². The van der Waals surface area contributed by atoms with Crippen LogP contribution in [0.4, 0.5) is 0 Å². The third-order valence-electron chi connectivity index (χ3n) is 2.42.